The lowest BCUT2D eigenvalue weighted by Gasteiger charge is -2.51. The fraction of sp³-hybridized carbons (Fsp3) is 0.438. The van der Waals surface area contributed by atoms with E-state index in [0.717, 1.165) is 0 Å². The molecule has 0 N–H and O–H groups in total. The molecule has 1 aromatic carbocycles. The number of hydrogen-bond acceptors (Lipinski definition) is 2. The molecule has 186 valence electrons. The molecule has 2 nitrogen and oxygen atoms in total. The summed E-state index contributed by atoms with van der Waals surface area (Å²) in [6.45, 7) is 0. The maximum absolute atomic E-state index is 14.6. The second-order valence-electron chi connectivity index (χ2n) is 6.59. The molecule has 1 aliphatic carbocycles. The van der Waals surface area contributed by atoms with E-state index in [4.69, 9.17) is 11.6 Å². The molecule has 1 aromatic rings. The monoisotopic (exact) mass is 529 g/mol. The van der Waals surface area contributed by atoms with Crippen molar-refractivity contribution in [3.63, 3.8) is 0 Å². The van der Waals surface area contributed by atoms with E-state index >= 15 is 0 Å². The lowest BCUT2D eigenvalue weighted by atomic mass is 9.70. The van der Waals surface area contributed by atoms with Crippen molar-refractivity contribution in [1.29, 1.82) is 0 Å². The third-order valence-corrected chi connectivity index (χ3v) is 4.83. The number of allylic oxidation sites excluding steroid dienone is 1. The zero-order valence-electron chi connectivity index (χ0n) is 14.8. The maximum Gasteiger partial charge on any atom is 0.417 e. The Bertz CT molecular complexity index is 981. The van der Waals surface area contributed by atoms with Gasteiger partial charge in [0.25, 0.3) is 0 Å². The van der Waals surface area contributed by atoms with Crippen LogP contribution in [0.2, 0.25) is 5.02 Å². The molecule has 33 heavy (non-hydrogen) atoms. The van der Waals surface area contributed by atoms with Gasteiger partial charge in [-0.1, -0.05) is 23.4 Å². The Hall–Kier alpha value is -2.26. The van der Waals surface area contributed by atoms with Gasteiger partial charge in [0, 0.05) is 5.02 Å². The first-order valence-electron chi connectivity index (χ1n) is 7.81. The van der Waals surface area contributed by atoms with Crippen LogP contribution in [0.15, 0.2) is 24.3 Å². The number of benzene rings is 1. The highest BCUT2D eigenvalue weighted by molar-refractivity contribution is 6.30. The molecule has 1 aliphatic rings. The quantitative estimate of drug-likeness (QED) is 0.294. The molecule has 1 saturated carbocycles. The lowest BCUT2D eigenvalue weighted by molar-refractivity contribution is -0.475. The largest absolute Gasteiger partial charge is 0.872 e. The molecule has 0 unspecified atom stereocenters. The van der Waals surface area contributed by atoms with E-state index in [1.807, 2.05) is 0 Å². The number of hydrogen-bond donors (Lipinski definition) is 0. The zero-order valence-corrected chi connectivity index (χ0v) is 15.6. The highest BCUT2D eigenvalue weighted by Crippen LogP contribution is 2.69. The van der Waals surface area contributed by atoms with Crippen molar-refractivity contribution in [3.05, 3.63) is 40.4 Å². The van der Waals surface area contributed by atoms with E-state index < -0.39 is 75.2 Å². The fourth-order valence-corrected chi connectivity index (χ4v) is 2.97. The lowest BCUT2D eigenvalue weighted by Crippen LogP contribution is -2.85. The Morgan fingerprint density at radius 1 is 0.788 bits per heavy atom. The minimum Gasteiger partial charge on any atom is -0.872 e. The van der Waals surface area contributed by atoms with E-state index in [1.54, 1.807) is 0 Å². The number of halogens is 15. The predicted molar refractivity (Wildman–Crippen MR) is 78.0 cm³/mol. The highest BCUT2D eigenvalue weighted by atomic mass is 35.5. The zero-order chi connectivity index (χ0) is 26.2. The standard InChI is InChI=1S/C16H5ClF14O2/c17-5-1-2-6(7(3-5)11(19,20)21)8(32)4-9(33)10(18)12(22,23)14(26,27)16(30,31)15(28,29)13(10,24)25/h1-4,32H/p-1/b8-4-. The van der Waals surface area contributed by atoms with E-state index in [0.29, 0.717) is 6.07 Å². The van der Waals surface area contributed by atoms with Gasteiger partial charge in [0.1, 0.15) is 0 Å². The predicted octanol–water partition coefficient (Wildman–Crippen LogP) is 5.53. The van der Waals surface area contributed by atoms with Crippen molar-refractivity contribution >= 4 is 23.1 Å². The van der Waals surface area contributed by atoms with Crippen molar-refractivity contribution in [2.75, 3.05) is 0 Å². The van der Waals surface area contributed by atoms with E-state index in [2.05, 4.69) is 0 Å². The van der Waals surface area contributed by atoms with Gasteiger partial charge in [-0.15, -0.1) is 0 Å². The van der Waals surface area contributed by atoms with Crippen LogP contribution in [0.3, 0.4) is 0 Å². The molecule has 0 amide bonds. The highest BCUT2D eigenvalue weighted by Gasteiger charge is 3.02. The molecule has 17 heteroatoms. The Kier molecular flexibility index (Phi) is 5.82. The Labute approximate surface area is 177 Å². The van der Waals surface area contributed by atoms with Gasteiger partial charge in [-0.25, -0.2) is 4.39 Å². The molecule has 0 spiro atoms. The van der Waals surface area contributed by atoms with Crippen molar-refractivity contribution in [2.45, 2.75) is 41.5 Å². The average molecular weight is 530 g/mol. The van der Waals surface area contributed by atoms with Gasteiger partial charge < -0.3 is 5.11 Å². The van der Waals surface area contributed by atoms with Gasteiger partial charge in [-0.05, 0) is 23.8 Å². The molecule has 0 aliphatic heterocycles. The third-order valence-electron chi connectivity index (χ3n) is 4.60. The summed E-state index contributed by atoms with van der Waals surface area (Å²) in [6, 6.07) is 0.613. The van der Waals surface area contributed by atoms with E-state index in [-0.39, 0.29) is 12.1 Å². The van der Waals surface area contributed by atoms with Gasteiger partial charge in [-0.3, -0.25) is 4.79 Å². The summed E-state index contributed by atoms with van der Waals surface area (Å²) < 4.78 is 189. The minimum atomic E-state index is -7.62. The number of alkyl halides is 14. The summed E-state index contributed by atoms with van der Waals surface area (Å²) in [5, 5.41) is 11.2. The van der Waals surface area contributed by atoms with Crippen molar-refractivity contribution in [1.82, 2.24) is 0 Å². The van der Waals surface area contributed by atoms with Crippen LogP contribution < -0.4 is 5.11 Å². The second kappa shape index (κ2) is 7.12. The van der Waals surface area contributed by atoms with Crippen molar-refractivity contribution in [3.8, 4) is 0 Å². The van der Waals surface area contributed by atoms with Crippen LogP contribution in [0.25, 0.3) is 5.76 Å². The minimum absolute atomic E-state index is 0.00894. The van der Waals surface area contributed by atoms with Crippen LogP contribution in [0, 0.1) is 0 Å². The number of carbonyl (C=O) groups excluding carboxylic acids is 1. The molecule has 0 aromatic heterocycles. The van der Waals surface area contributed by atoms with Crippen LogP contribution in [0.5, 0.6) is 0 Å². The smallest absolute Gasteiger partial charge is 0.417 e. The van der Waals surface area contributed by atoms with E-state index in [9.17, 15) is 71.4 Å². The summed E-state index contributed by atoms with van der Waals surface area (Å²) in [6.07, 6.45) is -6.88. The summed E-state index contributed by atoms with van der Waals surface area (Å²) in [7, 11) is 0. The Balaban J connectivity index is 2.79. The number of rotatable bonds is 3. The van der Waals surface area contributed by atoms with Gasteiger partial charge >= 0.3 is 41.5 Å². The molecule has 2 rings (SSSR count). The normalized spacial score (nSPS) is 24.9. The molecule has 0 saturated heterocycles. The Morgan fingerprint density at radius 2 is 1.18 bits per heavy atom. The summed E-state index contributed by atoms with van der Waals surface area (Å²) >= 11 is 5.26. The molecule has 0 atom stereocenters. The van der Waals surface area contributed by atoms with Crippen LogP contribution >= 0.6 is 11.6 Å². The average Bonchev–Trinajstić information content (AvgIpc) is 2.64. The Morgan fingerprint density at radius 3 is 1.58 bits per heavy atom. The molecular weight excluding hydrogens is 526 g/mol. The first-order valence-corrected chi connectivity index (χ1v) is 8.19. The van der Waals surface area contributed by atoms with Gasteiger partial charge in [0.2, 0.25) is 5.78 Å². The van der Waals surface area contributed by atoms with Crippen LogP contribution in [-0.4, -0.2) is 41.1 Å². The van der Waals surface area contributed by atoms with Crippen molar-refractivity contribution in [2.24, 2.45) is 0 Å². The van der Waals surface area contributed by atoms with Crippen LogP contribution in [0.1, 0.15) is 11.1 Å². The number of ketones is 1. The van der Waals surface area contributed by atoms with E-state index in [1.165, 1.54) is 0 Å². The maximum atomic E-state index is 14.6. The van der Waals surface area contributed by atoms with Crippen molar-refractivity contribution < 1.29 is 71.4 Å². The summed E-state index contributed by atoms with van der Waals surface area (Å²) in [5.74, 6) is -44.5. The first kappa shape index (κ1) is 27.0. The molecular formula is C16H4ClF14O2-. The first-order chi connectivity index (χ1) is 14.4. The summed E-state index contributed by atoms with van der Waals surface area (Å²) in [4.78, 5) is 11.7. The summed E-state index contributed by atoms with van der Waals surface area (Å²) in [5.41, 5.74) is -11.0. The van der Waals surface area contributed by atoms with Crippen LogP contribution in [-0.2, 0) is 11.0 Å². The van der Waals surface area contributed by atoms with Crippen LogP contribution in [0.4, 0.5) is 61.5 Å². The molecule has 0 heterocycles. The third kappa shape index (κ3) is 3.19. The topological polar surface area (TPSA) is 40.1 Å². The molecule has 0 bridgehead atoms. The van der Waals surface area contributed by atoms with Gasteiger partial charge in [-0.2, -0.15) is 57.1 Å². The molecule has 0 radical (unpaired) electrons. The van der Waals surface area contributed by atoms with Gasteiger partial charge in [0.15, 0.2) is 0 Å². The SMILES string of the molecule is O=C(/C=C(\[O-])c1ccc(Cl)cc1C(F)(F)F)C1(F)C(F)(F)C(F)(F)C(F)(F)C(F)(F)C1(F)F. The molecule has 1 fully saturated rings. The number of carbonyl (C=O) groups is 1. The van der Waals surface area contributed by atoms with Gasteiger partial charge in [0.05, 0.1) is 5.56 Å². The second-order valence-corrected chi connectivity index (χ2v) is 7.03. The fourth-order valence-electron chi connectivity index (χ4n) is 2.79.